The van der Waals surface area contributed by atoms with Crippen molar-refractivity contribution < 1.29 is 4.79 Å². The summed E-state index contributed by atoms with van der Waals surface area (Å²) in [5.41, 5.74) is 0.0450. The smallest absolute Gasteiger partial charge is 0.315 e. The van der Waals surface area contributed by atoms with Gasteiger partial charge < -0.3 is 10.6 Å². The molecule has 0 aromatic carbocycles. The lowest BCUT2D eigenvalue weighted by atomic mass is 9.78. The molecule has 0 aliphatic heterocycles. The molecule has 1 rings (SSSR count). The Morgan fingerprint density at radius 2 is 2.00 bits per heavy atom. The summed E-state index contributed by atoms with van der Waals surface area (Å²) >= 11 is 5.54. The first-order valence-corrected chi connectivity index (χ1v) is 6.88. The Labute approximate surface area is 103 Å². The van der Waals surface area contributed by atoms with E-state index in [1.54, 1.807) is 0 Å². The largest absolute Gasteiger partial charge is 0.337 e. The van der Waals surface area contributed by atoms with Crippen molar-refractivity contribution in [3.05, 3.63) is 0 Å². The zero-order valence-corrected chi connectivity index (χ0v) is 10.9. The van der Waals surface area contributed by atoms with Gasteiger partial charge in [-0.3, -0.25) is 0 Å². The number of carbonyl (C=O) groups is 1. The van der Waals surface area contributed by atoms with Crippen LogP contribution in [0.1, 0.15) is 51.9 Å². The van der Waals surface area contributed by atoms with Crippen LogP contribution in [0.15, 0.2) is 0 Å². The molecular weight excluding hydrogens is 224 g/mol. The first kappa shape index (κ1) is 13.6. The molecule has 0 atom stereocenters. The van der Waals surface area contributed by atoms with Crippen molar-refractivity contribution in [3.8, 4) is 0 Å². The van der Waals surface area contributed by atoms with Crippen molar-refractivity contribution in [1.82, 2.24) is 10.6 Å². The predicted molar refractivity (Wildman–Crippen MR) is 68.0 cm³/mol. The van der Waals surface area contributed by atoms with E-state index >= 15 is 0 Å². The Hall–Kier alpha value is -0.440. The monoisotopic (exact) mass is 246 g/mol. The molecule has 0 radical (unpaired) electrons. The van der Waals surface area contributed by atoms with E-state index in [0.29, 0.717) is 12.4 Å². The minimum absolute atomic E-state index is 0.0450. The van der Waals surface area contributed by atoms with Gasteiger partial charge in [0.2, 0.25) is 0 Å². The van der Waals surface area contributed by atoms with Crippen molar-refractivity contribution in [1.29, 1.82) is 0 Å². The maximum absolute atomic E-state index is 11.7. The van der Waals surface area contributed by atoms with Crippen molar-refractivity contribution in [2.24, 2.45) is 0 Å². The highest BCUT2D eigenvalue weighted by atomic mass is 35.5. The van der Waals surface area contributed by atoms with E-state index in [1.165, 1.54) is 19.3 Å². The molecule has 2 N–H and O–H groups in total. The molecule has 0 aromatic heterocycles. The van der Waals surface area contributed by atoms with Crippen LogP contribution in [0.2, 0.25) is 0 Å². The van der Waals surface area contributed by atoms with E-state index < -0.39 is 0 Å². The van der Waals surface area contributed by atoms with E-state index in [4.69, 9.17) is 11.6 Å². The molecule has 0 aromatic rings. The Morgan fingerprint density at radius 3 is 2.56 bits per heavy atom. The molecular formula is C12H23ClN2O. The fraction of sp³-hybridized carbons (Fsp3) is 0.917. The van der Waals surface area contributed by atoms with Gasteiger partial charge in [-0.2, -0.15) is 0 Å². The van der Waals surface area contributed by atoms with Gasteiger partial charge in [0.1, 0.15) is 0 Å². The minimum Gasteiger partial charge on any atom is -0.337 e. The first-order valence-electron chi connectivity index (χ1n) is 6.34. The molecule has 1 aliphatic carbocycles. The van der Waals surface area contributed by atoms with Crippen molar-refractivity contribution in [2.75, 3.05) is 12.4 Å². The van der Waals surface area contributed by atoms with Gasteiger partial charge in [-0.05, 0) is 19.3 Å². The molecule has 0 unspecified atom stereocenters. The maximum atomic E-state index is 11.7. The quantitative estimate of drug-likeness (QED) is 0.720. The number of hydrogen-bond donors (Lipinski definition) is 2. The molecule has 1 fully saturated rings. The second-order valence-corrected chi connectivity index (χ2v) is 5.04. The second kappa shape index (κ2) is 7.00. The molecule has 3 nitrogen and oxygen atoms in total. The van der Waals surface area contributed by atoms with E-state index in [-0.39, 0.29) is 11.6 Å². The highest BCUT2D eigenvalue weighted by Crippen LogP contribution is 2.31. The van der Waals surface area contributed by atoms with Gasteiger partial charge in [-0.1, -0.05) is 32.6 Å². The van der Waals surface area contributed by atoms with E-state index in [1.807, 2.05) is 0 Å². The number of alkyl halides is 1. The van der Waals surface area contributed by atoms with Gasteiger partial charge in [-0.15, -0.1) is 11.6 Å². The molecule has 94 valence electrons. The molecule has 0 spiro atoms. The summed E-state index contributed by atoms with van der Waals surface area (Å²) in [7, 11) is 0. The highest BCUT2D eigenvalue weighted by molar-refractivity contribution is 6.18. The number of hydrogen-bond acceptors (Lipinski definition) is 1. The molecule has 16 heavy (non-hydrogen) atoms. The molecule has 0 bridgehead atoms. The third-order valence-electron chi connectivity index (χ3n) is 3.30. The van der Waals surface area contributed by atoms with Crippen LogP contribution in [0.25, 0.3) is 0 Å². The van der Waals surface area contributed by atoms with Gasteiger partial charge in [0, 0.05) is 18.0 Å². The zero-order chi connectivity index (χ0) is 11.9. The Bertz CT molecular complexity index is 210. The normalized spacial score (nSPS) is 19.1. The van der Waals surface area contributed by atoms with Crippen LogP contribution in [-0.2, 0) is 0 Å². The van der Waals surface area contributed by atoms with Crippen LogP contribution in [0, 0.1) is 0 Å². The summed E-state index contributed by atoms with van der Waals surface area (Å²) in [4.78, 5) is 11.7. The summed E-state index contributed by atoms with van der Waals surface area (Å²) in [5.74, 6) is 0.466. The van der Waals surface area contributed by atoms with Crippen LogP contribution < -0.4 is 10.6 Å². The van der Waals surface area contributed by atoms with Crippen LogP contribution in [0.3, 0.4) is 0 Å². The van der Waals surface area contributed by atoms with E-state index in [0.717, 1.165) is 25.7 Å². The third kappa shape index (κ3) is 4.20. The molecule has 2 amide bonds. The SMILES string of the molecule is CCCC1(NC(=O)NCCCl)CCCCC1. The number of amides is 2. The fourth-order valence-electron chi connectivity index (χ4n) is 2.59. The summed E-state index contributed by atoms with van der Waals surface area (Å²) in [6.45, 7) is 2.71. The van der Waals surface area contributed by atoms with Crippen molar-refractivity contribution in [2.45, 2.75) is 57.4 Å². The summed E-state index contributed by atoms with van der Waals surface area (Å²) in [6, 6.07) is -0.0593. The summed E-state index contributed by atoms with van der Waals surface area (Å²) in [6.07, 6.45) is 8.21. The maximum Gasteiger partial charge on any atom is 0.315 e. The van der Waals surface area contributed by atoms with Gasteiger partial charge in [0.05, 0.1) is 0 Å². The lowest BCUT2D eigenvalue weighted by molar-refractivity contribution is 0.195. The van der Waals surface area contributed by atoms with Gasteiger partial charge in [-0.25, -0.2) is 4.79 Å². The number of urea groups is 1. The van der Waals surface area contributed by atoms with Crippen LogP contribution >= 0.6 is 11.6 Å². The molecule has 4 heteroatoms. The van der Waals surface area contributed by atoms with Crippen molar-refractivity contribution >= 4 is 17.6 Å². The number of nitrogens with one attached hydrogen (secondary N) is 2. The lowest BCUT2D eigenvalue weighted by Gasteiger charge is -2.38. The summed E-state index contributed by atoms with van der Waals surface area (Å²) in [5, 5.41) is 5.94. The molecule has 0 saturated heterocycles. The van der Waals surface area contributed by atoms with Crippen molar-refractivity contribution in [3.63, 3.8) is 0 Å². The summed E-state index contributed by atoms with van der Waals surface area (Å²) < 4.78 is 0. The number of halogens is 1. The van der Waals surface area contributed by atoms with E-state index in [2.05, 4.69) is 17.6 Å². The average Bonchev–Trinajstić information content (AvgIpc) is 2.28. The Morgan fingerprint density at radius 1 is 1.31 bits per heavy atom. The third-order valence-corrected chi connectivity index (χ3v) is 3.49. The van der Waals surface area contributed by atoms with Crippen LogP contribution in [0.5, 0.6) is 0 Å². The van der Waals surface area contributed by atoms with E-state index in [9.17, 15) is 4.79 Å². The minimum atomic E-state index is -0.0593. The average molecular weight is 247 g/mol. The standard InChI is InChI=1S/C12H23ClN2O/c1-2-6-12(7-4-3-5-8-12)15-11(16)14-10-9-13/h2-10H2,1H3,(H2,14,15,16). The van der Waals surface area contributed by atoms with Gasteiger partial charge in [0.25, 0.3) is 0 Å². The highest BCUT2D eigenvalue weighted by Gasteiger charge is 2.32. The molecule has 1 aliphatic rings. The lowest BCUT2D eigenvalue weighted by Crippen LogP contribution is -2.53. The Kier molecular flexibility index (Phi) is 5.96. The van der Waals surface area contributed by atoms with Gasteiger partial charge in [0.15, 0.2) is 0 Å². The topological polar surface area (TPSA) is 41.1 Å². The first-order chi connectivity index (χ1) is 7.72. The zero-order valence-electron chi connectivity index (χ0n) is 10.2. The Balaban J connectivity index is 2.45. The second-order valence-electron chi connectivity index (χ2n) is 4.66. The number of rotatable bonds is 5. The molecule has 1 saturated carbocycles. The van der Waals surface area contributed by atoms with Crippen LogP contribution in [0.4, 0.5) is 4.79 Å². The number of carbonyl (C=O) groups excluding carboxylic acids is 1. The fourth-order valence-corrected chi connectivity index (χ4v) is 2.68. The molecule has 0 heterocycles. The van der Waals surface area contributed by atoms with Gasteiger partial charge >= 0.3 is 6.03 Å². The predicted octanol–water partition coefficient (Wildman–Crippen LogP) is 3.03. The van der Waals surface area contributed by atoms with Crippen LogP contribution in [-0.4, -0.2) is 24.0 Å².